The summed E-state index contributed by atoms with van der Waals surface area (Å²) in [6, 6.07) is 2.97. The average Bonchev–Trinajstić information content (AvgIpc) is 2.72. The van der Waals surface area contributed by atoms with Crippen LogP contribution in [0.2, 0.25) is 0 Å². The summed E-state index contributed by atoms with van der Waals surface area (Å²) in [6.45, 7) is 12.0. The molecule has 0 saturated carbocycles. The number of hydrogen-bond acceptors (Lipinski definition) is 6. The number of phenolic OH excluding ortho intramolecular Hbond substituents is 1. The second kappa shape index (κ2) is 12.5. The molecule has 182 valence electrons. The fourth-order valence-corrected chi connectivity index (χ4v) is 3.85. The average molecular weight is 459 g/mol. The van der Waals surface area contributed by atoms with Gasteiger partial charge in [-0.3, -0.25) is 14.4 Å². The fourth-order valence-electron chi connectivity index (χ4n) is 3.85. The largest absolute Gasteiger partial charge is 0.508 e. The quantitative estimate of drug-likeness (QED) is 0.274. The highest BCUT2D eigenvalue weighted by atomic mass is 16.5. The van der Waals surface area contributed by atoms with Gasteiger partial charge in [0.1, 0.15) is 23.1 Å². The lowest BCUT2D eigenvalue weighted by atomic mass is 9.84. The van der Waals surface area contributed by atoms with Crippen LogP contribution in [0.1, 0.15) is 59.6 Å². The number of aromatic hydroxyl groups is 1. The molecule has 0 radical (unpaired) electrons. The van der Waals surface area contributed by atoms with E-state index in [0.29, 0.717) is 22.4 Å². The predicted molar refractivity (Wildman–Crippen MR) is 129 cm³/mol. The Kier molecular flexibility index (Phi) is 10.7. The molecule has 0 spiro atoms. The second-order valence-corrected chi connectivity index (χ2v) is 9.10. The zero-order valence-electron chi connectivity index (χ0n) is 21.1. The summed E-state index contributed by atoms with van der Waals surface area (Å²) in [7, 11) is 1.47. The number of aliphatic hydroxyl groups excluding tert-OH is 1. The lowest BCUT2D eigenvalue weighted by molar-refractivity contribution is -0.132. The van der Waals surface area contributed by atoms with Crippen LogP contribution in [0.5, 0.6) is 11.5 Å². The summed E-state index contributed by atoms with van der Waals surface area (Å²) in [5, 5.41) is 19.6. The van der Waals surface area contributed by atoms with Gasteiger partial charge in [-0.05, 0) is 63.8 Å². The van der Waals surface area contributed by atoms with Crippen LogP contribution in [0, 0.1) is 17.8 Å². The first-order chi connectivity index (χ1) is 15.3. The highest BCUT2D eigenvalue weighted by molar-refractivity contribution is 6.10. The normalized spacial score (nSPS) is 16.0. The van der Waals surface area contributed by atoms with E-state index in [1.807, 2.05) is 19.9 Å². The van der Waals surface area contributed by atoms with Gasteiger partial charge in [0.25, 0.3) is 0 Å². The van der Waals surface area contributed by atoms with E-state index in [0.717, 1.165) is 5.57 Å². The van der Waals surface area contributed by atoms with Gasteiger partial charge in [-0.2, -0.15) is 0 Å². The van der Waals surface area contributed by atoms with E-state index < -0.39 is 17.9 Å². The van der Waals surface area contributed by atoms with Gasteiger partial charge in [0.2, 0.25) is 0 Å². The third-order valence-electron chi connectivity index (χ3n) is 5.88. The number of allylic oxidation sites excluding steroid dienone is 3. The molecule has 0 unspecified atom stereocenters. The van der Waals surface area contributed by atoms with E-state index in [1.54, 1.807) is 33.8 Å². The van der Waals surface area contributed by atoms with Crippen molar-refractivity contribution in [3.8, 4) is 11.5 Å². The second-order valence-electron chi connectivity index (χ2n) is 9.10. The monoisotopic (exact) mass is 458 g/mol. The van der Waals surface area contributed by atoms with Gasteiger partial charge < -0.3 is 14.9 Å². The van der Waals surface area contributed by atoms with Crippen molar-refractivity contribution in [1.29, 1.82) is 0 Å². The Morgan fingerprint density at radius 3 is 2.18 bits per heavy atom. The molecular weight excluding hydrogens is 420 g/mol. The molecule has 0 fully saturated rings. The van der Waals surface area contributed by atoms with Gasteiger partial charge in [0.15, 0.2) is 5.78 Å². The van der Waals surface area contributed by atoms with E-state index in [4.69, 9.17) is 4.74 Å². The van der Waals surface area contributed by atoms with Crippen molar-refractivity contribution >= 4 is 17.3 Å². The van der Waals surface area contributed by atoms with Crippen LogP contribution in [0.25, 0.3) is 0 Å². The van der Waals surface area contributed by atoms with Gasteiger partial charge in [-0.1, -0.05) is 31.6 Å². The van der Waals surface area contributed by atoms with Crippen molar-refractivity contribution in [3.05, 3.63) is 46.6 Å². The van der Waals surface area contributed by atoms with Crippen molar-refractivity contribution in [3.63, 3.8) is 0 Å². The van der Waals surface area contributed by atoms with Crippen molar-refractivity contribution in [1.82, 2.24) is 0 Å². The van der Waals surface area contributed by atoms with E-state index in [-0.39, 0.29) is 41.9 Å². The first-order valence-electron chi connectivity index (χ1n) is 11.3. The number of Topliss-reactive ketones (excluding diaryl/α,β-unsaturated/α-hetero) is 3. The summed E-state index contributed by atoms with van der Waals surface area (Å²) in [6.07, 6.45) is 3.55. The maximum absolute atomic E-state index is 13.1. The predicted octanol–water partition coefficient (Wildman–Crippen LogP) is 4.39. The Labute approximate surface area is 197 Å². The molecule has 1 aromatic rings. The molecule has 0 aromatic heterocycles. The highest BCUT2D eigenvalue weighted by Crippen LogP contribution is 2.32. The van der Waals surface area contributed by atoms with Gasteiger partial charge in [-0.15, -0.1) is 0 Å². The van der Waals surface area contributed by atoms with E-state index in [9.17, 15) is 24.6 Å². The van der Waals surface area contributed by atoms with E-state index in [2.05, 4.69) is 0 Å². The Bertz CT molecular complexity index is 938. The summed E-state index contributed by atoms with van der Waals surface area (Å²) in [5.41, 5.74) is 2.63. The van der Waals surface area contributed by atoms with Crippen molar-refractivity contribution in [2.75, 3.05) is 7.11 Å². The summed E-state index contributed by atoms with van der Waals surface area (Å²) >= 11 is 0. The third-order valence-corrected chi connectivity index (χ3v) is 5.88. The molecule has 0 aliphatic rings. The number of rotatable bonds is 12. The Morgan fingerprint density at radius 1 is 1.06 bits per heavy atom. The lowest BCUT2D eigenvalue weighted by Gasteiger charge is -2.20. The van der Waals surface area contributed by atoms with Gasteiger partial charge in [-0.25, -0.2) is 0 Å². The van der Waals surface area contributed by atoms with Gasteiger partial charge >= 0.3 is 0 Å². The number of aliphatic hydroxyl groups is 1. The molecule has 0 saturated heterocycles. The molecule has 33 heavy (non-hydrogen) atoms. The number of hydrogen-bond donors (Lipinski definition) is 2. The first kappa shape index (κ1) is 28.3. The minimum Gasteiger partial charge on any atom is -0.508 e. The van der Waals surface area contributed by atoms with E-state index in [1.165, 1.54) is 26.2 Å². The Balaban J connectivity index is 3.09. The van der Waals surface area contributed by atoms with Gasteiger partial charge in [0, 0.05) is 24.3 Å². The zero-order chi connectivity index (χ0) is 25.5. The number of ether oxygens (including phenoxy) is 1. The van der Waals surface area contributed by atoms with Crippen LogP contribution in [-0.4, -0.2) is 40.8 Å². The first-order valence-corrected chi connectivity index (χ1v) is 11.3. The summed E-state index contributed by atoms with van der Waals surface area (Å²) in [5.74, 6) is -1.47. The summed E-state index contributed by atoms with van der Waals surface area (Å²) < 4.78 is 5.38. The molecule has 4 atom stereocenters. The van der Waals surface area contributed by atoms with Crippen molar-refractivity contribution in [2.24, 2.45) is 17.8 Å². The van der Waals surface area contributed by atoms with Crippen LogP contribution >= 0.6 is 0 Å². The van der Waals surface area contributed by atoms with Crippen LogP contribution in [0.4, 0.5) is 0 Å². The lowest BCUT2D eigenvalue weighted by Crippen LogP contribution is -2.28. The number of benzene rings is 1. The fraction of sp³-hybridized carbons (Fsp3) is 0.519. The number of methoxy groups -OCH3 is 1. The molecule has 6 heteroatoms. The van der Waals surface area contributed by atoms with Crippen LogP contribution in [-0.2, 0) is 27.2 Å². The number of carbonyl (C=O) groups is 3. The molecule has 0 amide bonds. The zero-order valence-corrected chi connectivity index (χ0v) is 21.1. The van der Waals surface area contributed by atoms with Crippen molar-refractivity contribution < 1.29 is 29.3 Å². The molecule has 0 heterocycles. The number of ketones is 3. The molecule has 1 aromatic carbocycles. The third kappa shape index (κ3) is 8.28. The number of carbonyl (C=O) groups excluding carboxylic acids is 3. The molecular formula is C27H38O6. The molecule has 0 bridgehead atoms. The molecule has 6 nitrogen and oxygen atoms in total. The van der Waals surface area contributed by atoms with Crippen LogP contribution in [0.15, 0.2) is 35.4 Å². The number of phenols is 1. The van der Waals surface area contributed by atoms with Crippen LogP contribution in [0.3, 0.4) is 0 Å². The highest BCUT2D eigenvalue weighted by Gasteiger charge is 2.28. The molecule has 0 aliphatic carbocycles. The minimum absolute atomic E-state index is 0.0107. The SMILES string of the molecule is COc1cc(O)cc(CC(C)=O)c1C[C@@H](C)C(=O)[C@H](C)C(=O)/C(C)=C/C(C)=C/[C@H](C)[C@H](C)O. The Hall–Kier alpha value is -2.73. The maximum atomic E-state index is 13.1. The smallest absolute Gasteiger partial charge is 0.168 e. The Morgan fingerprint density at radius 2 is 1.67 bits per heavy atom. The minimum atomic E-state index is -0.822. The molecule has 1 rings (SSSR count). The maximum Gasteiger partial charge on any atom is 0.168 e. The van der Waals surface area contributed by atoms with Crippen LogP contribution < -0.4 is 4.74 Å². The van der Waals surface area contributed by atoms with Crippen molar-refractivity contribution in [2.45, 2.75) is 67.4 Å². The standard InChI is InChI=1S/C27H38O6/c1-15(9-16(2)21(7)29)10-17(3)26(31)20(6)27(32)18(4)11-24-22(12-19(5)28)13-23(30)14-25(24)33-8/h9-10,13-14,16,18,20-21,29-30H,11-12H2,1-8H3/b15-9+,17-10+/t16-,18+,20+,21-/m0/s1. The topological polar surface area (TPSA) is 101 Å². The summed E-state index contributed by atoms with van der Waals surface area (Å²) in [4.78, 5) is 37.7. The molecule has 0 aliphatic heterocycles. The molecule has 2 N–H and O–H groups in total. The van der Waals surface area contributed by atoms with E-state index >= 15 is 0 Å². The van der Waals surface area contributed by atoms with Gasteiger partial charge in [0.05, 0.1) is 19.1 Å².